The van der Waals surface area contributed by atoms with Gasteiger partial charge in [-0.1, -0.05) is 0 Å². The number of hydrogen-bond donors (Lipinski definition) is 1. The maximum atomic E-state index is 5.21. The Labute approximate surface area is 94.6 Å². The highest BCUT2D eigenvalue weighted by atomic mass is 31.2. The zero-order chi connectivity index (χ0) is 11.8. The Kier molecular flexibility index (Phi) is 9.16. The van der Waals surface area contributed by atoms with Crippen molar-refractivity contribution in [2.75, 3.05) is 28.4 Å². The summed E-state index contributed by atoms with van der Waals surface area (Å²) < 4.78 is 20.9. The van der Waals surface area contributed by atoms with E-state index in [-0.39, 0.29) is 11.6 Å². The predicted octanol–water partition coefficient (Wildman–Crippen LogP) is 2.48. The Bertz CT molecular complexity index is 140. The van der Waals surface area contributed by atoms with E-state index in [1.165, 1.54) is 0 Å². The summed E-state index contributed by atoms with van der Waals surface area (Å²) in [4.78, 5) is 0. The van der Waals surface area contributed by atoms with E-state index in [0.29, 0.717) is 0 Å². The van der Waals surface area contributed by atoms with Crippen LogP contribution in [0.1, 0.15) is 13.8 Å². The molecule has 0 bridgehead atoms. The lowest BCUT2D eigenvalue weighted by Gasteiger charge is -2.27. The molecule has 0 fully saturated rings. The lowest BCUT2D eigenvalue weighted by atomic mass is 10.6. The standard InChI is InChI=1S/C8H21NO4P2/c1-7(14(10-3)11-4)9-8(2)15(12-5)13-6/h7-9H,1-6H3. The summed E-state index contributed by atoms with van der Waals surface area (Å²) in [5, 5.41) is 3.34. The van der Waals surface area contributed by atoms with Crippen molar-refractivity contribution in [2.45, 2.75) is 25.4 Å². The molecule has 15 heavy (non-hydrogen) atoms. The van der Waals surface area contributed by atoms with E-state index in [0.717, 1.165) is 0 Å². The lowest BCUT2D eigenvalue weighted by Crippen LogP contribution is -2.33. The van der Waals surface area contributed by atoms with Crippen LogP contribution in [0, 0.1) is 0 Å². The van der Waals surface area contributed by atoms with E-state index in [9.17, 15) is 0 Å². The predicted molar refractivity (Wildman–Crippen MR) is 63.9 cm³/mol. The molecule has 5 nitrogen and oxygen atoms in total. The van der Waals surface area contributed by atoms with Gasteiger partial charge in [-0.25, -0.2) is 0 Å². The Morgan fingerprint density at radius 1 is 0.733 bits per heavy atom. The summed E-state index contributed by atoms with van der Waals surface area (Å²) >= 11 is 0. The molecule has 0 aromatic heterocycles. The average molecular weight is 257 g/mol. The molecule has 0 rings (SSSR count). The van der Waals surface area contributed by atoms with Gasteiger partial charge >= 0.3 is 0 Å². The molecule has 0 spiro atoms. The molecule has 1 N–H and O–H groups in total. The van der Waals surface area contributed by atoms with Crippen LogP contribution in [0.5, 0.6) is 0 Å². The van der Waals surface area contributed by atoms with Crippen molar-refractivity contribution in [3.8, 4) is 0 Å². The summed E-state index contributed by atoms with van der Waals surface area (Å²) in [5.74, 6) is 0.278. The first-order valence-corrected chi connectivity index (χ1v) is 7.11. The number of hydrogen-bond acceptors (Lipinski definition) is 5. The van der Waals surface area contributed by atoms with Gasteiger partial charge in [0, 0.05) is 28.4 Å². The van der Waals surface area contributed by atoms with Crippen LogP contribution in [0.4, 0.5) is 0 Å². The largest absolute Gasteiger partial charge is 0.336 e. The Morgan fingerprint density at radius 2 is 1.00 bits per heavy atom. The third-order valence-corrected chi connectivity index (χ3v) is 4.84. The Balaban J connectivity index is 4.08. The fourth-order valence-corrected chi connectivity index (χ4v) is 3.62. The average Bonchev–Trinajstić information content (AvgIpc) is 2.21. The second-order valence-electron chi connectivity index (χ2n) is 2.82. The van der Waals surface area contributed by atoms with Crippen molar-refractivity contribution < 1.29 is 18.1 Å². The van der Waals surface area contributed by atoms with Crippen LogP contribution in [0.25, 0.3) is 0 Å². The van der Waals surface area contributed by atoms with Crippen molar-refractivity contribution in [1.82, 2.24) is 5.32 Å². The fraction of sp³-hybridized carbons (Fsp3) is 1.00. The zero-order valence-corrected chi connectivity index (χ0v) is 12.0. The maximum absolute atomic E-state index is 5.21. The molecule has 0 saturated carbocycles. The minimum absolute atomic E-state index is 0.139. The molecule has 0 saturated heterocycles. The van der Waals surface area contributed by atoms with Crippen molar-refractivity contribution in [1.29, 1.82) is 0 Å². The van der Waals surface area contributed by atoms with Crippen LogP contribution in [0.3, 0.4) is 0 Å². The highest BCUT2D eigenvalue weighted by molar-refractivity contribution is 7.49. The zero-order valence-electron chi connectivity index (χ0n) is 10.2. The van der Waals surface area contributed by atoms with E-state index >= 15 is 0 Å². The van der Waals surface area contributed by atoms with Crippen LogP contribution in [0.2, 0.25) is 0 Å². The molecular formula is C8H21NO4P2. The van der Waals surface area contributed by atoms with Gasteiger partial charge in [-0.3, -0.25) is 5.32 Å². The third kappa shape index (κ3) is 5.50. The van der Waals surface area contributed by atoms with Crippen molar-refractivity contribution in [3.63, 3.8) is 0 Å². The normalized spacial score (nSPS) is 16.0. The van der Waals surface area contributed by atoms with Crippen molar-refractivity contribution in [2.24, 2.45) is 0 Å². The number of rotatable bonds is 8. The van der Waals surface area contributed by atoms with E-state index in [1.807, 2.05) is 13.8 Å². The summed E-state index contributed by atoms with van der Waals surface area (Å²) in [6.45, 7) is 4.04. The monoisotopic (exact) mass is 257 g/mol. The Hall–Kier alpha value is 0.660. The minimum atomic E-state index is -0.897. The molecule has 2 unspecified atom stereocenters. The first-order valence-electron chi connectivity index (χ1n) is 4.61. The van der Waals surface area contributed by atoms with Gasteiger partial charge in [-0.05, 0) is 13.8 Å². The molecule has 0 aliphatic rings. The highest BCUT2D eigenvalue weighted by Crippen LogP contribution is 2.45. The van der Waals surface area contributed by atoms with Crippen LogP contribution in [0.15, 0.2) is 0 Å². The van der Waals surface area contributed by atoms with Gasteiger partial charge in [-0.2, -0.15) is 0 Å². The summed E-state index contributed by atoms with van der Waals surface area (Å²) in [6, 6.07) is 0. The Morgan fingerprint density at radius 3 is 1.20 bits per heavy atom. The first-order chi connectivity index (χ1) is 7.10. The summed E-state index contributed by atoms with van der Waals surface area (Å²) in [7, 11) is 4.79. The molecule has 0 aliphatic carbocycles. The maximum Gasteiger partial charge on any atom is 0.188 e. The van der Waals surface area contributed by atoms with Gasteiger partial charge in [0.15, 0.2) is 16.8 Å². The molecule has 0 aromatic carbocycles. The van der Waals surface area contributed by atoms with Gasteiger partial charge in [-0.15, -0.1) is 0 Å². The fourth-order valence-electron chi connectivity index (χ4n) is 1.25. The van der Waals surface area contributed by atoms with Gasteiger partial charge < -0.3 is 18.1 Å². The van der Waals surface area contributed by atoms with Crippen molar-refractivity contribution >= 4 is 16.8 Å². The second kappa shape index (κ2) is 8.77. The molecule has 0 aliphatic heterocycles. The van der Waals surface area contributed by atoms with E-state index in [4.69, 9.17) is 18.1 Å². The molecule has 92 valence electrons. The molecule has 0 radical (unpaired) electrons. The highest BCUT2D eigenvalue weighted by Gasteiger charge is 2.24. The van der Waals surface area contributed by atoms with Crippen LogP contribution in [-0.2, 0) is 18.1 Å². The summed E-state index contributed by atoms with van der Waals surface area (Å²) in [5.41, 5.74) is 0. The van der Waals surface area contributed by atoms with Gasteiger partial charge in [0.25, 0.3) is 0 Å². The molecule has 2 atom stereocenters. The molecular weight excluding hydrogens is 236 g/mol. The smallest absolute Gasteiger partial charge is 0.188 e. The SMILES string of the molecule is COP(OC)C(C)NC(C)P(OC)OC. The van der Waals surface area contributed by atoms with Gasteiger partial charge in [0.1, 0.15) is 0 Å². The first kappa shape index (κ1) is 15.7. The van der Waals surface area contributed by atoms with Crippen molar-refractivity contribution in [3.05, 3.63) is 0 Å². The van der Waals surface area contributed by atoms with E-state index < -0.39 is 16.8 Å². The topological polar surface area (TPSA) is 49.0 Å². The number of nitrogens with one attached hydrogen (secondary N) is 1. The molecule has 7 heteroatoms. The second-order valence-corrected chi connectivity index (χ2v) is 6.97. The van der Waals surface area contributed by atoms with Crippen LogP contribution >= 0.6 is 16.8 Å². The summed E-state index contributed by atoms with van der Waals surface area (Å²) in [6.07, 6.45) is 0. The quantitative estimate of drug-likeness (QED) is 0.677. The third-order valence-electron chi connectivity index (χ3n) is 1.83. The van der Waals surface area contributed by atoms with E-state index in [1.54, 1.807) is 28.4 Å². The molecule has 0 heterocycles. The molecule has 0 amide bonds. The minimum Gasteiger partial charge on any atom is -0.336 e. The van der Waals surface area contributed by atoms with Crippen LogP contribution in [-0.4, -0.2) is 40.0 Å². The van der Waals surface area contributed by atoms with Gasteiger partial charge in [0.05, 0.1) is 11.6 Å². The molecule has 0 aromatic rings. The van der Waals surface area contributed by atoms with E-state index in [2.05, 4.69) is 5.32 Å². The van der Waals surface area contributed by atoms with Crippen LogP contribution < -0.4 is 5.32 Å². The van der Waals surface area contributed by atoms with Gasteiger partial charge in [0.2, 0.25) is 0 Å². The lowest BCUT2D eigenvalue weighted by molar-refractivity contribution is 0.312.